The molecule has 12 nitrogen and oxygen atoms in total. The number of non-ortho nitro benzene ring substituents is 1. The number of H-pyrrole nitrogens is 2. The molecule has 0 spiro atoms. The van der Waals surface area contributed by atoms with E-state index in [1.165, 1.54) is 6.20 Å². The summed E-state index contributed by atoms with van der Waals surface area (Å²) in [6.45, 7) is 0. The Labute approximate surface area is 142 Å². The molecule has 128 valence electrons. The number of nitrogens with zero attached hydrogens (tertiary/aromatic N) is 3. The van der Waals surface area contributed by atoms with Crippen molar-refractivity contribution in [1.29, 1.82) is 0 Å². The third kappa shape index (κ3) is 4.17. The molecule has 0 saturated heterocycles. The van der Waals surface area contributed by atoms with Crippen molar-refractivity contribution in [3.8, 4) is 0 Å². The molecule has 1 aromatic heterocycles. The van der Waals surface area contributed by atoms with Crippen LogP contribution in [0.3, 0.4) is 0 Å². The van der Waals surface area contributed by atoms with E-state index in [1.54, 1.807) is 0 Å². The first kappa shape index (κ1) is 17.6. The fourth-order valence-electron chi connectivity index (χ4n) is 1.71. The summed E-state index contributed by atoms with van der Waals surface area (Å²) in [5, 5.41) is 25.1. The number of aromatic nitrogens is 2. The van der Waals surface area contributed by atoms with Gasteiger partial charge < -0.3 is 4.98 Å². The molecule has 0 fully saturated rings. The molecule has 1 heterocycles. The number of nitrogens with one attached hydrogen (secondary N) is 3. The van der Waals surface area contributed by atoms with Crippen LogP contribution in [0.4, 0.5) is 11.4 Å². The lowest BCUT2D eigenvalue weighted by Gasteiger charge is -2.01. The van der Waals surface area contributed by atoms with Gasteiger partial charge in [0.05, 0.1) is 27.7 Å². The van der Waals surface area contributed by atoms with Crippen LogP contribution in [-0.4, -0.2) is 31.9 Å². The van der Waals surface area contributed by atoms with Crippen LogP contribution in [0.5, 0.6) is 0 Å². The van der Waals surface area contributed by atoms with Gasteiger partial charge in [-0.2, -0.15) is 5.10 Å². The molecule has 0 aliphatic carbocycles. The van der Waals surface area contributed by atoms with Crippen LogP contribution in [0.15, 0.2) is 34.3 Å². The fourth-order valence-corrected chi connectivity index (χ4v) is 1.87. The van der Waals surface area contributed by atoms with E-state index in [0.717, 1.165) is 18.3 Å². The summed E-state index contributed by atoms with van der Waals surface area (Å²) in [6.07, 6.45) is 2.25. The number of hydrogen-bond donors (Lipinski definition) is 3. The SMILES string of the molecule is O=C(N/N=C/c1c[nH]c(=S)[nH]c1=O)c1ccc([N+](=O)[O-])cc1[N+](=O)[O-]. The minimum atomic E-state index is -0.974. The third-order valence-corrected chi connectivity index (χ3v) is 3.07. The Balaban J connectivity index is 2.24. The first-order valence-electron chi connectivity index (χ1n) is 6.38. The van der Waals surface area contributed by atoms with Gasteiger partial charge in [0, 0.05) is 12.3 Å². The first-order chi connectivity index (χ1) is 11.8. The highest BCUT2D eigenvalue weighted by atomic mass is 32.1. The van der Waals surface area contributed by atoms with E-state index in [1.807, 2.05) is 5.43 Å². The Kier molecular flexibility index (Phi) is 5.09. The number of hydrazone groups is 1. The average Bonchev–Trinajstić information content (AvgIpc) is 2.56. The molecule has 1 amide bonds. The van der Waals surface area contributed by atoms with E-state index in [2.05, 4.69) is 15.1 Å². The number of carbonyl (C=O) groups excluding carboxylic acids is 1. The number of nitro benzene ring substituents is 2. The van der Waals surface area contributed by atoms with Gasteiger partial charge in [-0.15, -0.1) is 0 Å². The van der Waals surface area contributed by atoms with Gasteiger partial charge in [-0.3, -0.25) is 34.8 Å². The summed E-state index contributed by atoms with van der Waals surface area (Å²) in [6, 6.07) is 2.56. The van der Waals surface area contributed by atoms with Gasteiger partial charge in [0.15, 0.2) is 4.77 Å². The van der Waals surface area contributed by atoms with Gasteiger partial charge in [0.2, 0.25) is 0 Å². The summed E-state index contributed by atoms with van der Waals surface area (Å²) in [5.41, 5.74) is -0.206. The number of carbonyl (C=O) groups is 1. The molecule has 0 radical (unpaired) electrons. The predicted molar refractivity (Wildman–Crippen MR) is 87.1 cm³/mol. The van der Waals surface area contributed by atoms with Crippen LogP contribution in [0.25, 0.3) is 0 Å². The second kappa shape index (κ2) is 7.22. The zero-order valence-electron chi connectivity index (χ0n) is 12.1. The highest BCUT2D eigenvalue weighted by Gasteiger charge is 2.23. The zero-order chi connectivity index (χ0) is 18.6. The van der Waals surface area contributed by atoms with Crippen molar-refractivity contribution in [2.75, 3.05) is 0 Å². The monoisotopic (exact) mass is 364 g/mol. The molecule has 2 rings (SSSR count). The molecular formula is C12H8N6O6S. The van der Waals surface area contributed by atoms with Gasteiger partial charge in [-0.1, -0.05) is 0 Å². The average molecular weight is 364 g/mol. The van der Waals surface area contributed by atoms with Crippen LogP contribution in [0.2, 0.25) is 0 Å². The van der Waals surface area contributed by atoms with E-state index >= 15 is 0 Å². The van der Waals surface area contributed by atoms with E-state index < -0.39 is 38.3 Å². The smallest absolute Gasteiger partial charge is 0.289 e. The van der Waals surface area contributed by atoms with Gasteiger partial charge in [0.1, 0.15) is 5.56 Å². The minimum absolute atomic E-state index is 0.0482. The third-order valence-electron chi connectivity index (χ3n) is 2.85. The molecule has 1 aromatic carbocycles. The van der Waals surface area contributed by atoms with Crippen molar-refractivity contribution < 1.29 is 14.6 Å². The van der Waals surface area contributed by atoms with Crippen LogP contribution in [0, 0.1) is 25.0 Å². The largest absolute Gasteiger partial charge is 0.338 e. The number of rotatable bonds is 5. The van der Waals surface area contributed by atoms with Crippen LogP contribution >= 0.6 is 12.2 Å². The number of nitro groups is 2. The maximum Gasteiger partial charge on any atom is 0.289 e. The number of amides is 1. The second-order valence-electron chi connectivity index (χ2n) is 4.44. The van der Waals surface area contributed by atoms with Crippen LogP contribution in [0.1, 0.15) is 15.9 Å². The van der Waals surface area contributed by atoms with E-state index in [0.29, 0.717) is 6.07 Å². The number of benzene rings is 1. The normalized spacial score (nSPS) is 10.6. The van der Waals surface area contributed by atoms with E-state index in [-0.39, 0.29) is 10.3 Å². The lowest BCUT2D eigenvalue weighted by molar-refractivity contribution is -0.394. The Morgan fingerprint density at radius 3 is 2.60 bits per heavy atom. The minimum Gasteiger partial charge on any atom is -0.338 e. The van der Waals surface area contributed by atoms with Crippen LogP contribution < -0.4 is 11.0 Å². The summed E-state index contributed by atoms with van der Waals surface area (Å²) in [4.78, 5) is 48.2. The molecule has 2 aromatic rings. The van der Waals surface area contributed by atoms with Gasteiger partial charge in [-0.25, -0.2) is 5.43 Å². The second-order valence-corrected chi connectivity index (χ2v) is 4.85. The maximum absolute atomic E-state index is 12.0. The first-order valence-corrected chi connectivity index (χ1v) is 6.78. The van der Waals surface area contributed by atoms with Crippen molar-refractivity contribution in [2.45, 2.75) is 0 Å². The topological polar surface area (TPSA) is 176 Å². The molecule has 0 bridgehead atoms. The molecule has 0 saturated carbocycles. The van der Waals surface area contributed by atoms with Crippen molar-refractivity contribution >= 4 is 35.7 Å². The number of hydrogen-bond acceptors (Lipinski definition) is 8. The maximum atomic E-state index is 12.0. The van der Waals surface area contributed by atoms with E-state index in [4.69, 9.17) is 12.2 Å². The predicted octanol–water partition coefficient (Wildman–Crippen LogP) is 1.01. The summed E-state index contributed by atoms with van der Waals surface area (Å²) in [5.74, 6) is -0.974. The van der Waals surface area contributed by atoms with Crippen molar-refractivity contribution in [2.24, 2.45) is 5.10 Å². The molecule has 13 heteroatoms. The number of aromatic amines is 2. The van der Waals surface area contributed by atoms with Crippen LogP contribution in [-0.2, 0) is 0 Å². The lowest BCUT2D eigenvalue weighted by atomic mass is 10.1. The highest BCUT2D eigenvalue weighted by molar-refractivity contribution is 7.71. The standard InChI is InChI=1S/C12H8N6O6S/c19-10-6(4-13-12(25)15-10)5-14-16-11(20)8-2-1-7(17(21)22)3-9(8)18(23)24/h1-5H,(H,16,20)(H2,13,15,19,25)/b14-5+. The molecule has 0 aliphatic rings. The summed E-state index contributed by atoms with van der Waals surface area (Å²) >= 11 is 4.71. The zero-order valence-corrected chi connectivity index (χ0v) is 12.9. The van der Waals surface area contributed by atoms with Crippen molar-refractivity contribution in [3.05, 3.63) is 70.9 Å². The van der Waals surface area contributed by atoms with Crippen molar-refractivity contribution in [1.82, 2.24) is 15.4 Å². The van der Waals surface area contributed by atoms with Gasteiger partial charge in [0.25, 0.3) is 22.8 Å². The molecule has 25 heavy (non-hydrogen) atoms. The van der Waals surface area contributed by atoms with E-state index in [9.17, 15) is 29.8 Å². The Morgan fingerprint density at radius 1 is 1.28 bits per heavy atom. The molecule has 3 N–H and O–H groups in total. The lowest BCUT2D eigenvalue weighted by Crippen LogP contribution is -2.20. The van der Waals surface area contributed by atoms with Gasteiger partial charge >= 0.3 is 0 Å². The molecule has 0 unspecified atom stereocenters. The summed E-state index contributed by atoms with van der Waals surface area (Å²) < 4.78 is 0.104. The van der Waals surface area contributed by atoms with Gasteiger partial charge in [-0.05, 0) is 18.3 Å². The Hall–Kier alpha value is -3.74. The summed E-state index contributed by atoms with van der Waals surface area (Å²) in [7, 11) is 0. The van der Waals surface area contributed by atoms with Crippen molar-refractivity contribution in [3.63, 3.8) is 0 Å². The Morgan fingerprint density at radius 2 is 2.00 bits per heavy atom. The fraction of sp³-hybridized carbons (Fsp3) is 0. The Bertz CT molecular complexity index is 1010. The molecular weight excluding hydrogens is 356 g/mol. The molecule has 0 aliphatic heterocycles. The molecule has 0 atom stereocenters. The quantitative estimate of drug-likeness (QED) is 0.307. The highest BCUT2D eigenvalue weighted by Crippen LogP contribution is 2.24.